The first kappa shape index (κ1) is 17.5. The van der Waals surface area contributed by atoms with Crippen LogP contribution in [0.2, 0.25) is 0 Å². The Morgan fingerprint density at radius 2 is 1.93 bits per heavy atom. The summed E-state index contributed by atoms with van der Waals surface area (Å²) in [5, 5.41) is 11.2. The van der Waals surface area contributed by atoms with Gasteiger partial charge in [0.15, 0.2) is 0 Å². The second-order valence-corrected chi connectivity index (χ2v) is 7.23. The van der Waals surface area contributed by atoms with E-state index in [4.69, 9.17) is 10.5 Å². The Morgan fingerprint density at radius 1 is 1.15 bits per heavy atom. The summed E-state index contributed by atoms with van der Waals surface area (Å²) >= 11 is 0. The van der Waals surface area contributed by atoms with E-state index in [1.165, 1.54) is 18.2 Å². The van der Waals surface area contributed by atoms with E-state index in [0.717, 1.165) is 12.8 Å². The molecule has 1 heterocycles. The van der Waals surface area contributed by atoms with E-state index in [9.17, 15) is 14.9 Å². The van der Waals surface area contributed by atoms with Crippen molar-refractivity contribution in [2.45, 2.75) is 18.9 Å². The van der Waals surface area contributed by atoms with Gasteiger partial charge in [-0.3, -0.25) is 14.9 Å². The van der Waals surface area contributed by atoms with Crippen LogP contribution in [0.1, 0.15) is 23.2 Å². The zero-order valence-corrected chi connectivity index (χ0v) is 14.8. The Kier molecular flexibility index (Phi) is 4.53. The quantitative estimate of drug-likeness (QED) is 0.661. The summed E-state index contributed by atoms with van der Waals surface area (Å²) in [5.41, 5.74) is 6.24. The molecular formula is C20H21N3O4. The van der Waals surface area contributed by atoms with Gasteiger partial charge >= 0.3 is 0 Å². The van der Waals surface area contributed by atoms with Crippen molar-refractivity contribution in [3.8, 4) is 11.5 Å². The molecule has 1 aliphatic carbocycles. The fourth-order valence-electron chi connectivity index (χ4n) is 4.15. The highest BCUT2D eigenvalue weighted by atomic mass is 16.6. The maximum atomic E-state index is 13.2. The number of nitrogens with two attached hydrogens (primary N) is 1. The number of hydrogen-bond donors (Lipinski definition) is 1. The largest absolute Gasteiger partial charge is 0.457 e. The standard InChI is InChI=1S/C20H21N3O4/c21-18-8-6-13-11-22(12-17(13)18)20(24)16-10-14(23(25)26)7-9-19(16)27-15-4-2-1-3-5-15/h1-5,7,9-10,13,17-18H,6,8,11-12,21H2. The third kappa shape index (κ3) is 3.38. The predicted octanol–water partition coefficient (Wildman–Crippen LogP) is 3.20. The van der Waals surface area contributed by atoms with Gasteiger partial charge in [-0.25, -0.2) is 0 Å². The highest BCUT2D eigenvalue weighted by Gasteiger charge is 2.43. The fourth-order valence-corrected chi connectivity index (χ4v) is 4.15. The lowest BCUT2D eigenvalue weighted by Crippen LogP contribution is -2.33. The van der Waals surface area contributed by atoms with Crippen molar-refractivity contribution in [2.24, 2.45) is 17.6 Å². The smallest absolute Gasteiger partial charge is 0.270 e. The van der Waals surface area contributed by atoms with Gasteiger partial charge in [-0.05, 0) is 42.9 Å². The first-order valence-electron chi connectivity index (χ1n) is 9.09. The van der Waals surface area contributed by atoms with Gasteiger partial charge in [0.05, 0.1) is 10.5 Å². The Morgan fingerprint density at radius 3 is 2.63 bits per heavy atom. The highest BCUT2D eigenvalue weighted by molar-refractivity contribution is 5.98. The summed E-state index contributed by atoms with van der Waals surface area (Å²) in [6.45, 7) is 1.24. The van der Waals surface area contributed by atoms with E-state index in [2.05, 4.69) is 0 Å². The first-order valence-corrected chi connectivity index (χ1v) is 9.09. The number of para-hydroxylation sites is 1. The zero-order chi connectivity index (χ0) is 19.0. The third-order valence-electron chi connectivity index (χ3n) is 5.57. The molecule has 7 heteroatoms. The van der Waals surface area contributed by atoms with E-state index in [1.54, 1.807) is 17.0 Å². The van der Waals surface area contributed by atoms with Crippen molar-refractivity contribution in [3.63, 3.8) is 0 Å². The molecule has 1 saturated heterocycles. The molecule has 2 N–H and O–H groups in total. The van der Waals surface area contributed by atoms with E-state index >= 15 is 0 Å². The number of hydrogen-bond acceptors (Lipinski definition) is 5. The van der Waals surface area contributed by atoms with Crippen LogP contribution in [0.25, 0.3) is 0 Å². The van der Waals surface area contributed by atoms with Gasteiger partial charge in [0.2, 0.25) is 0 Å². The van der Waals surface area contributed by atoms with Crippen molar-refractivity contribution in [1.82, 2.24) is 4.90 Å². The molecule has 27 heavy (non-hydrogen) atoms. The first-order chi connectivity index (χ1) is 13.0. The molecule has 140 valence electrons. The average molecular weight is 367 g/mol. The molecule has 2 fully saturated rings. The summed E-state index contributed by atoms with van der Waals surface area (Å²) in [6.07, 6.45) is 2.02. The maximum absolute atomic E-state index is 13.2. The van der Waals surface area contributed by atoms with Gasteiger partial charge in [-0.1, -0.05) is 18.2 Å². The number of carbonyl (C=O) groups excluding carboxylic acids is 1. The lowest BCUT2D eigenvalue weighted by Gasteiger charge is -2.20. The van der Waals surface area contributed by atoms with Crippen LogP contribution in [0.3, 0.4) is 0 Å². The minimum Gasteiger partial charge on any atom is -0.457 e. The van der Waals surface area contributed by atoms with Gasteiger partial charge in [0.25, 0.3) is 11.6 Å². The topological polar surface area (TPSA) is 98.7 Å². The van der Waals surface area contributed by atoms with Crippen molar-refractivity contribution < 1.29 is 14.5 Å². The number of benzene rings is 2. The third-order valence-corrected chi connectivity index (χ3v) is 5.57. The fraction of sp³-hybridized carbons (Fsp3) is 0.350. The second-order valence-electron chi connectivity index (χ2n) is 7.23. The van der Waals surface area contributed by atoms with Crippen LogP contribution in [-0.2, 0) is 0 Å². The SMILES string of the molecule is NC1CCC2CN(C(=O)c3cc([N+](=O)[O-])ccc3Oc3ccccc3)CC12. The van der Waals surface area contributed by atoms with Gasteiger partial charge in [-0.2, -0.15) is 0 Å². The number of carbonyl (C=O) groups is 1. The predicted molar refractivity (Wildman–Crippen MR) is 99.7 cm³/mol. The molecule has 7 nitrogen and oxygen atoms in total. The average Bonchev–Trinajstić information content (AvgIpc) is 3.24. The van der Waals surface area contributed by atoms with E-state index in [-0.39, 0.29) is 23.2 Å². The minimum atomic E-state index is -0.502. The number of ether oxygens (including phenoxy) is 1. The number of nitro groups is 1. The van der Waals surface area contributed by atoms with Crippen LogP contribution in [0.4, 0.5) is 5.69 Å². The Hall–Kier alpha value is -2.93. The van der Waals surface area contributed by atoms with E-state index in [1.807, 2.05) is 18.2 Å². The van der Waals surface area contributed by atoms with E-state index < -0.39 is 4.92 Å². The molecular weight excluding hydrogens is 346 g/mol. The number of likely N-dealkylation sites (tertiary alicyclic amines) is 1. The number of non-ortho nitro benzene ring substituents is 1. The lowest BCUT2D eigenvalue weighted by atomic mass is 9.98. The molecule has 4 rings (SSSR count). The van der Waals surface area contributed by atoms with Crippen LogP contribution in [0.5, 0.6) is 11.5 Å². The van der Waals surface area contributed by atoms with Gasteiger partial charge in [0.1, 0.15) is 11.5 Å². The second kappa shape index (κ2) is 7.00. The van der Waals surface area contributed by atoms with Crippen LogP contribution in [0.15, 0.2) is 48.5 Å². The number of nitrogens with zero attached hydrogens (tertiary/aromatic N) is 2. The maximum Gasteiger partial charge on any atom is 0.270 e. The normalized spacial score (nSPS) is 23.9. The summed E-state index contributed by atoms with van der Waals surface area (Å²) in [7, 11) is 0. The number of fused-ring (bicyclic) bond motifs is 1. The highest BCUT2D eigenvalue weighted by Crippen LogP contribution is 2.39. The molecule has 0 bridgehead atoms. The van der Waals surface area contributed by atoms with Gasteiger partial charge in [-0.15, -0.1) is 0 Å². The molecule has 2 aromatic carbocycles. The van der Waals surface area contributed by atoms with Gasteiger partial charge in [0, 0.05) is 31.3 Å². The Labute approximate surface area is 156 Å². The molecule has 0 radical (unpaired) electrons. The van der Waals surface area contributed by atoms with Crippen molar-refractivity contribution >= 4 is 11.6 Å². The van der Waals surface area contributed by atoms with Crippen molar-refractivity contribution in [2.75, 3.05) is 13.1 Å². The van der Waals surface area contributed by atoms with Crippen LogP contribution < -0.4 is 10.5 Å². The summed E-state index contributed by atoms with van der Waals surface area (Å²) < 4.78 is 5.85. The number of nitro benzene ring substituents is 1. The monoisotopic (exact) mass is 367 g/mol. The van der Waals surface area contributed by atoms with Gasteiger partial charge < -0.3 is 15.4 Å². The molecule has 2 aromatic rings. The van der Waals surface area contributed by atoms with Crippen molar-refractivity contribution in [3.05, 3.63) is 64.2 Å². The molecule has 3 atom stereocenters. The van der Waals surface area contributed by atoms with Crippen molar-refractivity contribution in [1.29, 1.82) is 0 Å². The van der Waals surface area contributed by atoms with Crippen LogP contribution in [0, 0.1) is 22.0 Å². The van der Waals surface area contributed by atoms with Crippen LogP contribution >= 0.6 is 0 Å². The van der Waals surface area contributed by atoms with E-state index in [0.29, 0.717) is 36.4 Å². The molecule has 3 unspecified atom stereocenters. The Bertz CT molecular complexity index is 871. The minimum absolute atomic E-state index is 0.123. The zero-order valence-electron chi connectivity index (χ0n) is 14.8. The summed E-state index contributed by atoms with van der Waals surface area (Å²) in [5.74, 6) is 1.37. The molecule has 1 amide bonds. The lowest BCUT2D eigenvalue weighted by molar-refractivity contribution is -0.384. The molecule has 0 spiro atoms. The summed E-state index contributed by atoms with van der Waals surface area (Å²) in [4.78, 5) is 25.6. The molecule has 2 aliphatic rings. The molecule has 1 saturated carbocycles. The van der Waals surface area contributed by atoms with Crippen LogP contribution in [-0.4, -0.2) is 34.9 Å². The number of rotatable bonds is 4. The molecule has 1 aliphatic heterocycles. The molecule has 0 aromatic heterocycles. The summed E-state index contributed by atoms with van der Waals surface area (Å²) in [6, 6.07) is 13.3. The Balaban J connectivity index is 1.64. The number of amides is 1.